The molecule has 2 aromatic heterocycles. The van der Waals surface area contributed by atoms with Crippen LogP contribution in [-0.4, -0.2) is 16.1 Å². The molecule has 21 heavy (non-hydrogen) atoms. The van der Waals surface area contributed by atoms with Crippen molar-refractivity contribution in [3.8, 4) is 21.1 Å². The molecule has 0 amide bonds. The number of thiophene rings is 1. The summed E-state index contributed by atoms with van der Waals surface area (Å²) < 4.78 is 13.7. The Labute approximate surface area is 128 Å². The molecular formula is C15H10FNO2S2. The monoisotopic (exact) mass is 319 g/mol. The molecule has 1 N–H and O–H groups in total. The number of hydrogen-bond donors (Lipinski definition) is 1. The van der Waals surface area contributed by atoms with E-state index in [2.05, 4.69) is 4.98 Å². The molecule has 3 nitrogen and oxygen atoms in total. The molecule has 0 saturated heterocycles. The average Bonchev–Trinajstić information content (AvgIpc) is 3.07. The predicted octanol–water partition coefficient (Wildman–Crippen LogP) is 4.30. The number of rotatable bonds is 4. The Balaban J connectivity index is 1.90. The largest absolute Gasteiger partial charge is 0.481 e. The highest BCUT2D eigenvalue weighted by Gasteiger charge is 2.12. The Bertz CT molecular complexity index is 794. The number of carbonyl (C=O) groups is 1. The highest BCUT2D eigenvalue weighted by molar-refractivity contribution is 7.16. The molecule has 0 aliphatic rings. The number of carboxylic acids is 1. The first-order chi connectivity index (χ1) is 10.1. The Morgan fingerprint density at radius 2 is 2.05 bits per heavy atom. The second-order valence-corrected chi connectivity index (χ2v) is 6.38. The summed E-state index contributed by atoms with van der Waals surface area (Å²) in [5.74, 6) is -1.15. The first kappa shape index (κ1) is 13.9. The van der Waals surface area contributed by atoms with Crippen LogP contribution in [0.15, 0.2) is 41.8 Å². The smallest absolute Gasteiger partial charge is 0.308 e. The van der Waals surface area contributed by atoms with Crippen LogP contribution in [-0.2, 0) is 11.2 Å². The van der Waals surface area contributed by atoms with E-state index in [9.17, 15) is 9.18 Å². The van der Waals surface area contributed by atoms with Gasteiger partial charge in [-0.2, -0.15) is 0 Å². The van der Waals surface area contributed by atoms with Crippen LogP contribution >= 0.6 is 22.7 Å². The maximum absolute atomic E-state index is 13.7. The number of benzene rings is 1. The summed E-state index contributed by atoms with van der Waals surface area (Å²) in [6, 6.07) is 10.2. The van der Waals surface area contributed by atoms with Crippen molar-refractivity contribution in [3.63, 3.8) is 0 Å². The number of halogens is 1. The molecule has 6 heteroatoms. The van der Waals surface area contributed by atoms with Gasteiger partial charge in [0.05, 0.1) is 17.0 Å². The van der Waals surface area contributed by atoms with Crippen LogP contribution in [0.1, 0.15) is 4.88 Å². The van der Waals surface area contributed by atoms with E-state index in [-0.39, 0.29) is 12.2 Å². The summed E-state index contributed by atoms with van der Waals surface area (Å²) >= 11 is 2.77. The van der Waals surface area contributed by atoms with Crippen molar-refractivity contribution in [1.29, 1.82) is 0 Å². The van der Waals surface area contributed by atoms with Crippen LogP contribution in [0.5, 0.6) is 0 Å². The second-order valence-electron chi connectivity index (χ2n) is 4.35. The fourth-order valence-electron chi connectivity index (χ4n) is 1.90. The lowest BCUT2D eigenvalue weighted by molar-refractivity contribution is -0.136. The number of carboxylic acid groups (broad SMARTS) is 1. The van der Waals surface area contributed by atoms with Crippen molar-refractivity contribution < 1.29 is 14.3 Å². The van der Waals surface area contributed by atoms with Crippen molar-refractivity contribution in [1.82, 2.24) is 4.98 Å². The van der Waals surface area contributed by atoms with Crippen LogP contribution in [0, 0.1) is 5.82 Å². The molecule has 3 rings (SSSR count). The highest BCUT2D eigenvalue weighted by atomic mass is 32.1. The molecule has 0 aliphatic carbocycles. The minimum atomic E-state index is -0.853. The number of aromatic nitrogens is 1. The van der Waals surface area contributed by atoms with E-state index >= 15 is 0 Å². The fraction of sp³-hybridized carbons (Fsp3) is 0.0667. The van der Waals surface area contributed by atoms with E-state index in [1.54, 1.807) is 24.3 Å². The molecule has 2 heterocycles. The van der Waals surface area contributed by atoms with E-state index in [0.29, 0.717) is 10.6 Å². The number of thiazole rings is 1. The molecule has 3 aromatic rings. The standard InChI is InChI=1S/C15H10FNO2S2/c16-11-4-2-1-3-10(11)15-17-12(8-20-15)13-6-5-9(21-13)7-14(18)19/h1-6,8H,7H2,(H,18,19). The topological polar surface area (TPSA) is 50.2 Å². The predicted molar refractivity (Wildman–Crippen MR) is 82.2 cm³/mol. The van der Waals surface area contributed by atoms with Crippen molar-refractivity contribution in [3.05, 3.63) is 52.5 Å². The maximum atomic E-state index is 13.7. The first-order valence-electron chi connectivity index (χ1n) is 6.15. The van der Waals surface area contributed by atoms with Gasteiger partial charge in [-0.25, -0.2) is 9.37 Å². The van der Waals surface area contributed by atoms with Gasteiger partial charge < -0.3 is 5.11 Å². The normalized spacial score (nSPS) is 10.7. The zero-order valence-electron chi connectivity index (χ0n) is 10.7. The van der Waals surface area contributed by atoms with Gasteiger partial charge in [0.1, 0.15) is 10.8 Å². The zero-order valence-corrected chi connectivity index (χ0v) is 12.4. The third-order valence-electron chi connectivity index (χ3n) is 2.85. The van der Waals surface area contributed by atoms with Crippen LogP contribution in [0.25, 0.3) is 21.1 Å². The molecule has 0 fully saturated rings. The number of hydrogen-bond acceptors (Lipinski definition) is 4. The average molecular weight is 319 g/mol. The van der Waals surface area contributed by atoms with Gasteiger partial charge in [-0.05, 0) is 24.3 Å². The van der Waals surface area contributed by atoms with Gasteiger partial charge in [0.15, 0.2) is 0 Å². The summed E-state index contributed by atoms with van der Waals surface area (Å²) in [5, 5.41) is 11.3. The summed E-state index contributed by atoms with van der Waals surface area (Å²) in [4.78, 5) is 16.8. The van der Waals surface area contributed by atoms with Gasteiger partial charge in [0.25, 0.3) is 0 Å². The third kappa shape index (κ3) is 3.01. The van der Waals surface area contributed by atoms with Gasteiger partial charge in [0.2, 0.25) is 0 Å². The van der Waals surface area contributed by atoms with Crippen molar-refractivity contribution in [2.75, 3.05) is 0 Å². The van der Waals surface area contributed by atoms with Crippen LogP contribution < -0.4 is 0 Å². The summed E-state index contributed by atoms with van der Waals surface area (Å²) in [7, 11) is 0. The van der Waals surface area contributed by atoms with E-state index < -0.39 is 5.97 Å². The highest BCUT2D eigenvalue weighted by Crippen LogP contribution is 2.33. The van der Waals surface area contributed by atoms with E-state index in [0.717, 1.165) is 15.4 Å². The summed E-state index contributed by atoms with van der Waals surface area (Å²) in [6.07, 6.45) is 0.00890. The summed E-state index contributed by atoms with van der Waals surface area (Å²) in [5.41, 5.74) is 1.23. The van der Waals surface area contributed by atoms with E-state index in [4.69, 9.17) is 5.11 Å². The lowest BCUT2D eigenvalue weighted by atomic mass is 10.2. The minimum Gasteiger partial charge on any atom is -0.481 e. The maximum Gasteiger partial charge on any atom is 0.308 e. The second kappa shape index (κ2) is 5.75. The van der Waals surface area contributed by atoms with Gasteiger partial charge in [-0.3, -0.25) is 4.79 Å². The molecule has 1 aromatic carbocycles. The van der Waals surface area contributed by atoms with Crippen molar-refractivity contribution in [2.24, 2.45) is 0 Å². The Hall–Kier alpha value is -2.05. The Morgan fingerprint density at radius 3 is 2.81 bits per heavy atom. The van der Waals surface area contributed by atoms with E-state index in [1.807, 2.05) is 11.4 Å². The van der Waals surface area contributed by atoms with Crippen molar-refractivity contribution in [2.45, 2.75) is 6.42 Å². The number of nitrogens with zero attached hydrogens (tertiary/aromatic N) is 1. The van der Waals surface area contributed by atoms with Gasteiger partial charge in [0, 0.05) is 15.8 Å². The lowest BCUT2D eigenvalue weighted by Crippen LogP contribution is -1.96. The van der Waals surface area contributed by atoms with Crippen LogP contribution in [0.3, 0.4) is 0 Å². The zero-order chi connectivity index (χ0) is 14.8. The van der Waals surface area contributed by atoms with E-state index in [1.165, 1.54) is 28.7 Å². The van der Waals surface area contributed by atoms with Crippen molar-refractivity contribution >= 4 is 28.6 Å². The lowest BCUT2D eigenvalue weighted by Gasteiger charge is -1.97. The number of aliphatic carboxylic acids is 1. The first-order valence-corrected chi connectivity index (χ1v) is 7.84. The quantitative estimate of drug-likeness (QED) is 0.780. The van der Waals surface area contributed by atoms with Gasteiger partial charge in [-0.1, -0.05) is 12.1 Å². The molecule has 0 unspecified atom stereocenters. The fourth-order valence-corrected chi connectivity index (χ4v) is 3.79. The Morgan fingerprint density at radius 1 is 1.24 bits per heavy atom. The molecule has 106 valence electrons. The molecular weight excluding hydrogens is 309 g/mol. The summed E-state index contributed by atoms with van der Waals surface area (Å²) in [6.45, 7) is 0. The minimum absolute atomic E-state index is 0.00890. The molecule has 0 spiro atoms. The third-order valence-corrected chi connectivity index (χ3v) is 4.83. The molecule has 0 aliphatic heterocycles. The molecule has 0 saturated carbocycles. The molecule has 0 bridgehead atoms. The SMILES string of the molecule is O=C(O)Cc1ccc(-c2csc(-c3ccccc3F)n2)s1. The van der Waals surface area contributed by atoms with Crippen LogP contribution in [0.2, 0.25) is 0 Å². The molecule has 0 radical (unpaired) electrons. The van der Waals surface area contributed by atoms with Crippen LogP contribution in [0.4, 0.5) is 4.39 Å². The molecule has 0 atom stereocenters. The van der Waals surface area contributed by atoms with Gasteiger partial charge >= 0.3 is 5.97 Å². The van der Waals surface area contributed by atoms with Gasteiger partial charge in [-0.15, -0.1) is 22.7 Å². The Kier molecular flexibility index (Phi) is 3.81.